The van der Waals surface area contributed by atoms with Gasteiger partial charge in [0.25, 0.3) is 0 Å². The molecule has 1 aliphatic rings. The fourth-order valence-corrected chi connectivity index (χ4v) is 3.35. The molecule has 96 valence electrons. The maximum Gasteiger partial charge on any atom is 0.107 e. The molecule has 2 N–H and O–H groups in total. The van der Waals surface area contributed by atoms with Crippen molar-refractivity contribution in [1.82, 2.24) is 0 Å². The van der Waals surface area contributed by atoms with E-state index in [4.69, 9.17) is 10.5 Å². The lowest BCUT2D eigenvalue weighted by molar-refractivity contribution is -0.0442. The predicted molar refractivity (Wildman–Crippen MR) is 73.2 cm³/mol. The highest BCUT2D eigenvalue weighted by Crippen LogP contribution is 2.32. The summed E-state index contributed by atoms with van der Waals surface area (Å²) in [5.41, 5.74) is 6.05. The van der Waals surface area contributed by atoms with Crippen LogP contribution in [0.5, 0.6) is 0 Å². The van der Waals surface area contributed by atoms with Crippen LogP contribution in [0.4, 0.5) is 0 Å². The van der Waals surface area contributed by atoms with Gasteiger partial charge in [0.1, 0.15) is 6.10 Å². The second kappa shape index (κ2) is 5.98. The number of rotatable bonds is 4. The molecule has 0 spiro atoms. The summed E-state index contributed by atoms with van der Waals surface area (Å²) in [4.78, 5) is 1.26. The van der Waals surface area contributed by atoms with Gasteiger partial charge in [0.15, 0.2) is 0 Å². The molecular formula is C14H23NOS. The largest absolute Gasteiger partial charge is 0.368 e. The van der Waals surface area contributed by atoms with E-state index in [0.717, 1.165) is 5.92 Å². The molecule has 17 heavy (non-hydrogen) atoms. The third-order valence-electron chi connectivity index (χ3n) is 3.60. The summed E-state index contributed by atoms with van der Waals surface area (Å²) in [6.45, 7) is 4.37. The molecular weight excluding hydrogens is 230 g/mol. The third kappa shape index (κ3) is 3.54. The van der Waals surface area contributed by atoms with E-state index in [1.54, 1.807) is 11.3 Å². The number of hydrogen-bond acceptors (Lipinski definition) is 3. The van der Waals surface area contributed by atoms with Crippen molar-refractivity contribution in [2.24, 2.45) is 11.7 Å². The van der Waals surface area contributed by atoms with Crippen molar-refractivity contribution in [2.75, 3.05) is 0 Å². The molecule has 2 rings (SSSR count). The Morgan fingerprint density at radius 1 is 1.35 bits per heavy atom. The maximum absolute atomic E-state index is 6.23. The summed E-state index contributed by atoms with van der Waals surface area (Å²) in [6.07, 6.45) is 5.45. The summed E-state index contributed by atoms with van der Waals surface area (Å²) < 4.78 is 6.23. The molecule has 1 saturated carbocycles. The van der Waals surface area contributed by atoms with Gasteiger partial charge in [-0.25, -0.2) is 0 Å². The first-order valence-corrected chi connectivity index (χ1v) is 7.49. The Balaban J connectivity index is 1.94. The zero-order valence-corrected chi connectivity index (χ0v) is 11.6. The SMILES string of the molecule is CC1CCC(OC(c2cccs2)C(C)N)CC1. The molecule has 2 unspecified atom stereocenters. The summed E-state index contributed by atoms with van der Waals surface area (Å²) in [7, 11) is 0. The monoisotopic (exact) mass is 253 g/mol. The highest BCUT2D eigenvalue weighted by molar-refractivity contribution is 7.10. The van der Waals surface area contributed by atoms with E-state index >= 15 is 0 Å². The molecule has 0 saturated heterocycles. The summed E-state index contributed by atoms with van der Waals surface area (Å²) >= 11 is 1.74. The first-order chi connectivity index (χ1) is 8.16. The van der Waals surface area contributed by atoms with Gasteiger partial charge in [0.05, 0.1) is 6.10 Å². The van der Waals surface area contributed by atoms with E-state index in [1.165, 1.54) is 30.6 Å². The van der Waals surface area contributed by atoms with Gasteiger partial charge >= 0.3 is 0 Å². The van der Waals surface area contributed by atoms with Crippen LogP contribution in [0.1, 0.15) is 50.5 Å². The van der Waals surface area contributed by atoms with Crippen molar-refractivity contribution in [3.05, 3.63) is 22.4 Å². The van der Waals surface area contributed by atoms with Crippen LogP contribution in [0.15, 0.2) is 17.5 Å². The predicted octanol–water partition coefficient (Wildman–Crippen LogP) is 3.73. The zero-order valence-electron chi connectivity index (χ0n) is 10.8. The van der Waals surface area contributed by atoms with Crippen molar-refractivity contribution in [2.45, 2.75) is 57.8 Å². The lowest BCUT2D eigenvalue weighted by atomic mass is 9.89. The minimum absolute atomic E-state index is 0.0630. The molecule has 0 bridgehead atoms. The molecule has 1 heterocycles. The standard InChI is InChI=1S/C14H23NOS/c1-10-5-7-12(8-6-10)16-14(11(2)15)13-4-3-9-17-13/h3-4,9-12,14H,5-8,15H2,1-2H3. The first kappa shape index (κ1) is 13.1. The van der Waals surface area contributed by atoms with Gasteiger partial charge < -0.3 is 10.5 Å². The smallest absolute Gasteiger partial charge is 0.107 e. The molecule has 0 aromatic carbocycles. The molecule has 1 aliphatic carbocycles. The van der Waals surface area contributed by atoms with Crippen LogP contribution >= 0.6 is 11.3 Å². The van der Waals surface area contributed by atoms with E-state index in [1.807, 2.05) is 6.92 Å². The number of ether oxygens (including phenoxy) is 1. The molecule has 3 heteroatoms. The van der Waals surface area contributed by atoms with E-state index in [0.29, 0.717) is 6.10 Å². The van der Waals surface area contributed by atoms with Gasteiger partial charge in [-0.3, -0.25) is 0 Å². The maximum atomic E-state index is 6.23. The van der Waals surface area contributed by atoms with Gasteiger partial charge in [-0.1, -0.05) is 13.0 Å². The van der Waals surface area contributed by atoms with Crippen molar-refractivity contribution in [3.63, 3.8) is 0 Å². The number of hydrogen-bond donors (Lipinski definition) is 1. The second-order valence-corrected chi connectivity index (χ2v) is 6.29. The van der Waals surface area contributed by atoms with Crippen LogP contribution in [0.2, 0.25) is 0 Å². The molecule has 0 aliphatic heterocycles. The van der Waals surface area contributed by atoms with E-state index < -0.39 is 0 Å². The molecule has 0 amide bonds. The summed E-state index contributed by atoms with van der Waals surface area (Å²) in [5, 5.41) is 2.09. The highest BCUT2D eigenvalue weighted by Gasteiger charge is 2.25. The summed E-state index contributed by atoms with van der Waals surface area (Å²) in [5.74, 6) is 0.866. The highest BCUT2D eigenvalue weighted by atomic mass is 32.1. The average Bonchev–Trinajstić information content (AvgIpc) is 2.81. The van der Waals surface area contributed by atoms with E-state index in [9.17, 15) is 0 Å². The zero-order chi connectivity index (χ0) is 12.3. The fourth-order valence-electron chi connectivity index (χ4n) is 2.48. The Bertz CT molecular complexity index is 315. The molecule has 2 atom stereocenters. The Morgan fingerprint density at radius 3 is 2.59 bits per heavy atom. The summed E-state index contributed by atoms with van der Waals surface area (Å²) in [6, 6.07) is 4.26. The van der Waals surface area contributed by atoms with E-state index in [-0.39, 0.29) is 12.1 Å². The molecule has 1 aromatic rings. The van der Waals surface area contributed by atoms with E-state index in [2.05, 4.69) is 24.4 Å². The Morgan fingerprint density at radius 2 is 2.06 bits per heavy atom. The minimum Gasteiger partial charge on any atom is -0.368 e. The van der Waals surface area contributed by atoms with Crippen LogP contribution < -0.4 is 5.73 Å². The van der Waals surface area contributed by atoms with Crippen molar-refractivity contribution in [3.8, 4) is 0 Å². The minimum atomic E-state index is 0.0630. The van der Waals surface area contributed by atoms with Gasteiger partial charge in [-0.05, 0) is 50.0 Å². The van der Waals surface area contributed by atoms with Crippen molar-refractivity contribution in [1.29, 1.82) is 0 Å². The van der Waals surface area contributed by atoms with Gasteiger partial charge in [0.2, 0.25) is 0 Å². The quantitative estimate of drug-likeness (QED) is 0.887. The van der Waals surface area contributed by atoms with Crippen LogP contribution in [0.3, 0.4) is 0 Å². The Kier molecular flexibility index (Phi) is 4.60. The number of nitrogens with two attached hydrogens (primary N) is 1. The molecule has 0 radical (unpaired) electrons. The van der Waals surface area contributed by atoms with Crippen LogP contribution in [0, 0.1) is 5.92 Å². The van der Waals surface area contributed by atoms with Crippen molar-refractivity contribution < 1.29 is 4.74 Å². The topological polar surface area (TPSA) is 35.2 Å². The van der Waals surface area contributed by atoms with Gasteiger partial charge in [-0.15, -0.1) is 11.3 Å². The van der Waals surface area contributed by atoms with Crippen molar-refractivity contribution >= 4 is 11.3 Å². The first-order valence-electron chi connectivity index (χ1n) is 6.61. The normalized spacial score (nSPS) is 28.9. The lowest BCUT2D eigenvalue weighted by Crippen LogP contribution is -2.31. The van der Waals surface area contributed by atoms with Crippen LogP contribution in [-0.4, -0.2) is 12.1 Å². The number of thiophene rings is 1. The van der Waals surface area contributed by atoms with Gasteiger partial charge in [0, 0.05) is 10.9 Å². The van der Waals surface area contributed by atoms with Gasteiger partial charge in [-0.2, -0.15) is 0 Å². The van der Waals surface area contributed by atoms with Crippen LogP contribution in [0.25, 0.3) is 0 Å². The molecule has 2 nitrogen and oxygen atoms in total. The molecule has 1 fully saturated rings. The van der Waals surface area contributed by atoms with Crippen LogP contribution in [-0.2, 0) is 4.74 Å². The Hall–Kier alpha value is -0.380. The third-order valence-corrected chi connectivity index (χ3v) is 4.54. The fraction of sp³-hybridized carbons (Fsp3) is 0.714. The second-order valence-electron chi connectivity index (χ2n) is 5.31. The Labute approximate surface area is 108 Å². The average molecular weight is 253 g/mol. The lowest BCUT2D eigenvalue weighted by Gasteiger charge is -2.31. The molecule has 1 aromatic heterocycles.